The van der Waals surface area contributed by atoms with Gasteiger partial charge in [-0.05, 0) is 51.3 Å². The number of hydrogen-bond acceptors (Lipinski definition) is 5. The molecular weight excluding hydrogens is 378 g/mol. The highest BCUT2D eigenvalue weighted by molar-refractivity contribution is 7.92. The molecule has 0 aromatic carbocycles. The first-order chi connectivity index (χ1) is 13.1. The minimum absolute atomic E-state index is 0.261. The Morgan fingerprint density at radius 1 is 1.46 bits per heavy atom. The molecule has 1 aliphatic heterocycles. The van der Waals surface area contributed by atoms with E-state index in [9.17, 15) is 13.2 Å². The fraction of sp³-hybridized carbons (Fsp3) is 0.500. The number of sulfonamides is 1. The highest BCUT2D eigenvalue weighted by Crippen LogP contribution is 2.24. The Morgan fingerprint density at radius 2 is 2.18 bits per heavy atom. The second-order valence-electron chi connectivity index (χ2n) is 7.27. The summed E-state index contributed by atoms with van der Waals surface area (Å²) in [7, 11) is -3.64. The van der Waals surface area contributed by atoms with Gasteiger partial charge in [-0.3, -0.25) is 4.98 Å². The highest BCUT2D eigenvalue weighted by Gasteiger charge is 2.37. The van der Waals surface area contributed by atoms with Gasteiger partial charge in [-0.2, -0.15) is 0 Å². The third kappa shape index (κ3) is 5.90. The van der Waals surface area contributed by atoms with Gasteiger partial charge in [0.05, 0.1) is 17.8 Å². The molecule has 2 atom stereocenters. The van der Waals surface area contributed by atoms with Crippen LogP contribution in [0.2, 0.25) is 0 Å². The van der Waals surface area contributed by atoms with E-state index in [1.165, 1.54) is 0 Å². The van der Waals surface area contributed by atoms with Gasteiger partial charge < -0.3 is 9.64 Å². The van der Waals surface area contributed by atoms with Crippen molar-refractivity contribution >= 4 is 21.7 Å². The third-order valence-corrected chi connectivity index (χ3v) is 5.62. The van der Waals surface area contributed by atoms with Crippen molar-refractivity contribution < 1.29 is 17.9 Å². The summed E-state index contributed by atoms with van der Waals surface area (Å²) in [6, 6.07) is 4.76. The summed E-state index contributed by atoms with van der Waals surface area (Å²) in [4.78, 5) is 18.8. The molecule has 0 unspecified atom stereocenters. The molecule has 1 saturated heterocycles. The van der Waals surface area contributed by atoms with E-state index >= 15 is 0 Å². The summed E-state index contributed by atoms with van der Waals surface area (Å²) in [5.74, 6) is 0. The second-order valence-corrected chi connectivity index (χ2v) is 8.93. The first-order valence-electron chi connectivity index (χ1n) is 9.36. The summed E-state index contributed by atoms with van der Waals surface area (Å²) in [5.41, 5.74) is 2.37. The van der Waals surface area contributed by atoms with E-state index in [1.54, 1.807) is 18.7 Å². The minimum Gasteiger partial charge on any atom is -0.447 e. The lowest BCUT2D eigenvalue weighted by Crippen LogP contribution is -2.58. The number of amides is 1. The van der Waals surface area contributed by atoms with Crippen LogP contribution >= 0.6 is 0 Å². The Bertz CT molecular complexity index is 836. The number of allylic oxidation sites excluding steroid dienone is 1. The summed E-state index contributed by atoms with van der Waals surface area (Å²) in [5, 5.41) is 0.884. The van der Waals surface area contributed by atoms with E-state index in [-0.39, 0.29) is 6.10 Å². The second kappa shape index (κ2) is 9.34. The van der Waals surface area contributed by atoms with Gasteiger partial charge in [-0.1, -0.05) is 19.2 Å². The van der Waals surface area contributed by atoms with Crippen molar-refractivity contribution in [3.8, 4) is 0 Å². The largest absolute Gasteiger partial charge is 0.447 e. The Morgan fingerprint density at radius 3 is 2.79 bits per heavy atom. The first-order valence-corrected chi connectivity index (χ1v) is 10.9. The van der Waals surface area contributed by atoms with E-state index in [0.29, 0.717) is 25.8 Å². The number of aromatic nitrogens is 1. The molecule has 1 aromatic heterocycles. The van der Waals surface area contributed by atoms with Crippen LogP contribution in [0.4, 0.5) is 4.79 Å². The molecule has 1 fully saturated rings. The monoisotopic (exact) mass is 407 g/mol. The van der Waals surface area contributed by atoms with Crippen molar-refractivity contribution in [3.63, 3.8) is 0 Å². The van der Waals surface area contributed by atoms with E-state index < -0.39 is 28.2 Å². The zero-order chi connectivity index (χ0) is 20.9. The molecule has 2 heterocycles. The molecule has 154 valence electrons. The number of hydrogen-bond donors (Lipinski definition) is 1. The smallest absolute Gasteiger partial charge is 0.410 e. The molecule has 7 nitrogen and oxygen atoms in total. The van der Waals surface area contributed by atoms with Gasteiger partial charge in [-0.15, -0.1) is 0 Å². The van der Waals surface area contributed by atoms with Crippen molar-refractivity contribution in [1.29, 1.82) is 0 Å². The predicted molar refractivity (Wildman–Crippen MR) is 110 cm³/mol. The van der Waals surface area contributed by atoms with Crippen LogP contribution in [0.25, 0.3) is 5.57 Å². The number of carbonyl (C=O) groups is 1. The fourth-order valence-corrected chi connectivity index (χ4v) is 4.04. The van der Waals surface area contributed by atoms with Crippen LogP contribution in [0.1, 0.15) is 45.0 Å². The molecule has 0 bridgehead atoms. The molecule has 2 rings (SSSR count). The maximum atomic E-state index is 12.6. The number of carbonyl (C=O) groups excluding carboxylic acids is 1. The lowest BCUT2D eigenvalue weighted by molar-refractivity contribution is 0.0459. The number of nitrogens with one attached hydrogen (secondary N) is 1. The van der Waals surface area contributed by atoms with Crippen LogP contribution in [-0.4, -0.2) is 49.1 Å². The molecule has 0 spiro atoms. The van der Waals surface area contributed by atoms with Gasteiger partial charge in [-0.25, -0.2) is 17.9 Å². The molecule has 1 aromatic rings. The van der Waals surface area contributed by atoms with Crippen molar-refractivity contribution in [2.75, 3.05) is 6.54 Å². The maximum absolute atomic E-state index is 12.6. The van der Waals surface area contributed by atoms with Gasteiger partial charge in [0, 0.05) is 30.1 Å². The molecule has 1 aliphatic rings. The van der Waals surface area contributed by atoms with Crippen molar-refractivity contribution in [3.05, 3.63) is 48.2 Å². The standard InChI is InChI=1S/C20H29N3O4S/c1-6-28(25,26)22-18-11-8-12-23(20(24)27-15(4)5)19(18)13-16-9-7-10-17(21-16)14(2)3/h6-7,9-10,15,18-19,22H,1-2,8,11-13H2,3-5H3/t18-,19-/m1/s1. The van der Waals surface area contributed by atoms with Gasteiger partial charge in [0.15, 0.2) is 0 Å². The van der Waals surface area contributed by atoms with Gasteiger partial charge >= 0.3 is 6.09 Å². The maximum Gasteiger partial charge on any atom is 0.410 e. The van der Waals surface area contributed by atoms with Gasteiger partial charge in [0.1, 0.15) is 0 Å². The molecule has 0 saturated carbocycles. The van der Waals surface area contributed by atoms with Crippen molar-refractivity contribution in [2.45, 2.75) is 58.2 Å². The molecule has 28 heavy (non-hydrogen) atoms. The van der Waals surface area contributed by atoms with E-state index in [0.717, 1.165) is 22.4 Å². The Kier molecular flexibility index (Phi) is 7.37. The number of likely N-dealkylation sites (tertiary alicyclic amines) is 1. The number of ether oxygens (including phenoxy) is 1. The zero-order valence-corrected chi connectivity index (χ0v) is 17.5. The average molecular weight is 408 g/mol. The molecule has 8 heteroatoms. The first kappa shape index (κ1) is 22.1. The average Bonchev–Trinajstić information content (AvgIpc) is 2.62. The van der Waals surface area contributed by atoms with Crippen LogP contribution in [0.5, 0.6) is 0 Å². The quantitative estimate of drug-likeness (QED) is 0.750. The molecule has 0 aliphatic carbocycles. The highest BCUT2D eigenvalue weighted by atomic mass is 32.2. The number of rotatable bonds is 7. The predicted octanol–water partition coefficient (Wildman–Crippen LogP) is 3.10. The van der Waals surface area contributed by atoms with Crippen LogP contribution in [-0.2, 0) is 21.2 Å². The van der Waals surface area contributed by atoms with Gasteiger partial charge in [0.25, 0.3) is 0 Å². The Hall–Kier alpha value is -2.19. The number of piperidine rings is 1. The topological polar surface area (TPSA) is 88.6 Å². The summed E-state index contributed by atoms with van der Waals surface area (Å²) >= 11 is 0. The molecular formula is C20H29N3O4S. The Labute approximate surface area is 167 Å². The Balaban J connectivity index is 2.34. The number of pyridine rings is 1. The summed E-state index contributed by atoms with van der Waals surface area (Å²) < 4.78 is 32.2. The van der Waals surface area contributed by atoms with E-state index in [1.807, 2.05) is 25.1 Å². The van der Waals surface area contributed by atoms with Crippen LogP contribution < -0.4 is 4.72 Å². The normalized spacial score (nSPS) is 20.1. The summed E-state index contributed by atoms with van der Waals surface area (Å²) in [6.45, 7) is 13.2. The number of nitrogens with zero attached hydrogens (tertiary/aromatic N) is 2. The van der Waals surface area contributed by atoms with Crippen molar-refractivity contribution in [2.24, 2.45) is 0 Å². The van der Waals surface area contributed by atoms with E-state index in [4.69, 9.17) is 4.74 Å². The summed E-state index contributed by atoms with van der Waals surface area (Å²) in [6.07, 6.45) is 0.983. The minimum atomic E-state index is -3.64. The molecule has 0 radical (unpaired) electrons. The zero-order valence-electron chi connectivity index (χ0n) is 16.7. The van der Waals surface area contributed by atoms with E-state index in [2.05, 4.69) is 22.9 Å². The lowest BCUT2D eigenvalue weighted by Gasteiger charge is -2.40. The van der Waals surface area contributed by atoms with Crippen LogP contribution in [0.15, 0.2) is 36.8 Å². The third-order valence-electron chi connectivity index (χ3n) is 4.55. The van der Waals surface area contributed by atoms with Gasteiger partial charge in [0.2, 0.25) is 10.0 Å². The molecule has 1 amide bonds. The van der Waals surface area contributed by atoms with Crippen LogP contribution in [0.3, 0.4) is 0 Å². The molecule has 1 N–H and O–H groups in total. The van der Waals surface area contributed by atoms with Crippen molar-refractivity contribution in [1.82, 2.24) is 14.6 Å². The SMILES string of the molecule is C=CS(=O)(=O)N[C@@H]1CCCN(C(=O)OC(C)C)[C@@H]1Cc1cccc(C(=C)C)n1. The lowest BCUT2D eigenvalue weighted by atomic mass is 9.93. The fourth-order valence-electron chi connectivity index (χ4n) is 3.25. The van der Waals surface area contributed by atoms with Crippen LogP contribution in [0, 0.1) is 0 Å².